The minimum absolute atomic E-state index is 0.0721. The topological polar surface area (TPSA) is 109 Å². The van der Waals surface area contributed by atoms with E-state index in [9.17, 15) is 23.1 Å². The fraction of sp³-hybridized carbons (Fsp3) is 0.368. The highest BCUT2D eigenvalue weighted by Crippen LogP contribution is 2.28. The first-order valence-corrected chi connectivity index (χ1v) is 11.4. The van der Waals surface area contributed by atoms with Crippen LogP contribution in [0, 0.1) is 5.92 Å². The van der Waals surface area contributed by atoms with Crippen LogP contribution in [-0.2, 0) is 17.1 Å². The Morgan fingerprint density at radius 2 is 1.87 bits per heavy atom. The molecule has 0 bridgehead atoms. The van der Waals surface area contributed by atoms with E-state index in [0.717, 1.165) is 0 Å². The number of amides is 1. The number of nitrogens with one attached hydrogen (secondary N) is 1. The van der Waals surface area contributed by atoms with Crippen LogP contribution < -0.4 is 10.9 Å². The number of aryl methyl sites for hydroxylation is 1. The maximum absolute atomic E-state index is 12.8. The van der Waals surface area contributed by atoms with Crippen LogP contribution in [0.3, 0.4) is 0 Å². The van der Waals surface area contributed by atoms with Crippen LogP contribution in [-0.4, -0.2) is 47.9 Å². The zero-order valence-electron chi connectivity index (χ0n) is 16.1. The third kappa shape index (κ3) is 4.64. The highest BCUT2D eigenvalue weighted by atomic mass is 35.5. The summed E-state index contributed by atoms with van der Waals surface area (Å²) in [5, 5.41) is 13.0. The number of carbonyl (C=O) groups is 1. The lowest BCUT2D eigenvalue weighted by Gasteiger charge is -2.31. The summed E-state index contributed by atoms with van der Waals surface area (Å²) in [6, 6.07) is 5.58. The van der Waals surface area contributed by atoms with Crippen LogP contribution >= 0.6 is 23.2 Å². The lowest BCUT2D eigenvalue weighted by Crippen LogP contribution is -2.41. The minimum Gasteiger partial charge on any atom is -0.502 e. The summed E-state index contributed by atoms with van der Waals surface area (Å²) >= 11 is 11.8. The Bertz CT molecular complexity index is 1130. The van der Waals surface area contributed by atoms with E-state index in [1.807, 2.05) is 0 Å². The first kappa shape index (κ1) is 22.6. The summed E-state index contributed by atoms with van der Waals surface area (Å²) in [4.78, 5) is 24.1. The number of piperidine rings is 1. The van der Waals surface area contributed by atoms with Gasteiger partial charge in [0.15, 0.2) is 5.75 Å². The Hall–Kier alpha value is -2.07. The Labute approximate surface area is 184 Å². The average Bonchev–Trinajstić information content (AvgIpc) is 2.72. The molecule has 0 atom stereocenters. The molecule has 0 radical (unpaired) electrons. The second-order valence-corrected chi connectivity index (χ2v) is 9.88. The molecule has 0 aliphatic carbocycles. The molecule has 0 spiro atoms. The standard InChI is InChI=1S/C19H21Cl2N3O5S/c1-23-7-6-14(17(25)19(23)27)18(26)22-11-12-4-8-24(9-5-12)30(28,29)13-2-3-15(20)16(21)10-13/h2-3,6-7,10,12,25H,4-5,8-9,11H2,1H3,(H,22,26). The van der Waals surface area contributed by atoms with Gasteiger partial charge in [-0.1, -0.05) is 23.2 Å². The zero-order valence-corrected chi connectivity index (χ0v) is 18.5. The predicted molar refractivity (Wildman–Crippen MR) is 114 cm³/mol. The first-order chi connectivity index (χ1) is 14.1. The maximum atomic E-state index is 12.8. The van der Waals surface area contributed by atoms with Crippen LogP contribution in [0.4, 0.5) is 0 Å². The van der Waals surface area contributed by atoms with Crippen molar-refractivity contribution in [1.29, 1.82) is 0 Å². The van der Waals surface area contributed by atoms with E-state index in [-0.39, 0.29) is 26.4 Å². The second-order valence-electron chi connectivity index (χ2n) is 7.13. The van der Waals surface area contributed by atoms with Crippen molar-refractivity contribution in [1.82, 2.24) is 14.2 Å². The van der Waals surface area contributed by atoms with Crippen molar-refractivity contribution in [3.8, 4) is 5.75 Å². The molecule has 1 aromatic heterocycles. The monoisotopic (exact) mass is 473 g/mol. The van der Waals surface area contributed by atoms with E-state index < -0.39 is 27.2 Å². The highest BCUT2D eigenvalue weighted by molar-refractivity contribution is 7.89. The van der Waals surface area contributed by atoms with Crippen molar-refractivity contribution in [2.45, 2.75) is 17.7 Å². The van der Waals surface area contributed by atoms with Gasteiger partial charge in [0.05, 0.1) is 20.5 Å². The van der Waals surface area contributed by atoms with E-state index in [4.69, 9.17) is 23.2 Å². The summed E-state index contributed by atoms with van der Waals surface area (Å²) in [6.07, 6.45) is 2.52. The summed E-state index contributed by atoms with van der Waals surface area (Å²) in [5.74, 6) is -1.07. The number of benzene rings is 1. The SMILES string of the molecule is Cn1ccc(C(=O)NCC2CCN(S(=O)(=O)c3ccc(Cl)c(Cl)c3)CC2)c(O)c1=O. The molecule has 0 saturated carbocycles. The fourth-order valence-corrected chi connectivity index (χ4v) is 5.13. The average molecular weight is 474 g/mol. The molecule has 1 fully saturated rings. The molecule has 30 heavy (non-hydrogen) atoms. The van der Waals surface area contributed by atoms with Crippen molar-refractivity contribution in [2.75, 3.05) is 19.6 Å². The number of hydrogen-bond acceptors (Lipinski definition) is 5. The van der Waals surface area contributed by atoms with E-state index in [1.54, 1.807) is 0 Å². The quantitative estimate of drug-likeness (QED) is 0.691. The predicted octanol–water partition coefficient (Wildman–Crippen LogP) is 2.23. The van der Waals surface area contributed by atoms with Gasteiger partial charge >= 0.3 is 0 Å². The molecule has 1 saturated heterocycles. The second kappa shape index (κ2) is 8.97. The van der Waals surface area contributed by atoms with Crippen molar-refractivity contribution < 1.29 is 18.3 Å². The van der Waals surface area contributed by atoms with Gasteiger partial charge in [-0.2, -0.15) is 4.31 Å². The Morgan fingerprint density at radius 3 is 2.50 bits per heavy atom. The van der Waals surface area contributed by atoms with Gasteiger partial charge in [-0.15, -0.1) is 0 Å². The number of aromatic nitrogens is 1. The molecule has 8 nitrogen and oxygen atoms in total. The van der Waals surface area contributed by atoms with Crippen LogP contribution in [0.25, 0.3) is 0 Å². The molecule has 162 valence electrons. The third-order valence-corrected chi connectivity index (χ3v) is 7.77. The summed E-state index contributed by atoms with van der Waals surface area (Å²) in [7, 11) is -2.20. The van der Waals surface area contributed by atoms with Gasteiger partial charge in [0.25, 0.3) is 11.5 Å². The molecule has 1 aliphatic heterocycles. The van der Waals surface area contributed by atoms with Gasteiger partial charge in [-0.05, 0) is 43.0 Å². The van der Waals surface area contributed by atoms with Crippen LogP contribution in [0.2, 0.25) is 10.0 Å². The molecular formula is C19H21Cl2N3O5S. The lowest BCUT2D eigenvalue weighted by molar-refractivity contribution is 0.0938. The molecule has 1 amide bonds. The normalized spacial score (nSPS) is 15.8. The van der Waals surface area contributed by atoms with Gasteiger partial charge in [-0.25, -0.2) is 8.42 Å². The number of sulfonamides is 1. The number of rotatable bonds is 5. The summed E-state index contributed by atoms with van der Waals surface area (Å²) in [6.45, 7) is 0.925. The molecule has 2 aromatic rings. The molecule has 3 rings (SSSR count). The molecule has 1 aromatic carbocycles. The molecule has 2 N–H and O–H groups in total. The molecule has 11 heteroatoms. The van der Waals surface area contributed by atoms with Gasteiger partial charge in [0.2, 0.25) is 10.0 Å². The van der Waals surface area contributed by atoms with Crippen molar-refractivity contribution in [2.24, 2.45) is 13.0 Å². The largest absolute Gasteiger partial charge is 0.502 e. The van der Waals surface area contributed by atoms with Gasteiger partial charge in [-0.3, -0.25) is 9.59 Å². The number of halogens is 2. The van der Waals surface area contributed by atoms with E-state index in [0.29, 0.717) is 32.5 Å². The molecular weight excluding hydrogens is 453 g/mol. The smallest absolute Gasteiger partial charge is 0.293 e. The van der Waals surface area contributed by atoms with Gasteiger partial charge < -0.3 is 15.0 Å². The summed E-state index contributed by atoms with van der Waals surface area (Å²) in [5.41, 5.74) is -0.735. The molecule has 2 heterocycles. The van der Waals surface area contributed by atoms with Crippen LogP contribution in [0.15, 0.2) is 40.2 Å². The van der Waals surface area contributed by atoms with Crippen molar-refractivity contribution in [3.05, 3.63) is 56.4 Å². The Kier molecular flexibility index (Phi) is 6.76. The highest BCUT2D eigenvalue weighted by Gasteiger charge is 2.30. The van der Waals surface area contributed by atoms with Crippen molar-refractivity contribution in [3.63, 3.8) is 0 Å². The number of nitrogens with zero attached hydrogens (tertiary/aromatic N) is 2. The number of aromatic hydroxyl groups is 1. The first-order valence-electron chi connectivity index (χ1n) is 9.23. The van der Waals surface area contributed by atoms with Crippen LogP contribution in [0.5, 0.6) is 5.75 Å². The van der Waals surface area contributed by atoms with E-state index in [1.165, 1.54) is 46.4 Å². The number of carbonyl (C=O) groups excluding carboxylic acids is 1. The van der Waals surface area contributed by atoms with E-state index >= 15 is 0 Å². The number of pyridine rings is 1. The third-order valence-electron chi connectivity index (χ3n) is 5.14. The van der Waals surface area contributed by atoms with Crippen LogP contribution in [0.1, 0.15) is 23.2 Å². The van der Waals surface area contributed by atoms with Gasteiger partial charge in [0.1, 0.15) is 0 Å². The lowest BCUT2D eigenvalue weighted by atomic mass is 9.98. The Balaban J connectivity index is 1.58. The van der Waals surface area contributed by atoms with E-state index in [2.05, 4.69) is 5.32 Å². The van der Waals surface area contributed by atoms with Crippen molar-refractivity contribution >= 4 is 39.1 Å². The van der Waals surface area contributed by atoms with Gasteiger partial charge in [0, 0.05) is 32.9 Å². The number of hydrogen-bond donors (Lipinski definition) is 2. The summed E-state index contributed by atoms with van der Waals surface area (Å²) < 4.78 is 28.2. The fourth-order valence-electron chi connectivity index (χ4n) is 3.27. The Morgan fingerprint density at radius 1 is 1.20 bits per heavy atom. The maximum Gasteiger partial charge on any atom is 0.293 e. The minimum atomic E-state index is -3.68. The molecule has 1 aliphatic rings. The molecule has 0 unspecified atom stereocenters. The zero-order chi connectivity index (χ0) is 22.1.